The van der Waals surface area contributed by atoms with Gasteiger partial charge in [-0.25, -0.2) is 9.59 Å². The van der Waals surface area contributed by atoms with Crippen molar-refractivity contribution in [3.63, 3.8) is 0 Å². The fourth-order valence-electron chi connectivity index (χ4n) is 0.800. The first-order valence-corrected chi connectivity index (χ1v) is 4.65. The molecule has 1 rings (SSSR count). The van der Waals surface area contributed by atoms with E-state index in [1.165, 1.54) is 4.90 Å². The zero-order valence-electron chi connectivity index (χ0n) is 7.10. The van der Waals surface area contributed by atoms with Crippen molar-refractivity contribution < 1.29 is 14.3 Å². The molecule has 1 aliphatic rings. The summed E-state index contributed by atoms with van der Waals surface area (Å²) in [5, 5.41) is 0. The van der Waals surface area contributed by atoms with Gasteiger partial charge in [-0.1, -0.05) is 0 Å². The maximum Gasteiger partial charge on any atom is 0.417 e. The number of nitrogens with zero attached hydrogens (tertiary/aromatic N) is 1. The molecule has 2 N–H and O–H groups in total. The van der Waals surface area contributed by atoms with E-state index in [-0.39, 0.29) is 5.75 Å². The molecular formula is C7H12N2O3S. The number of amides is 1. The molecule has 0 radical (unpaired) electrons. The van der Waals surface area contributed by atoms with Gasteiger partial charge in [0.25, 0.3) is 0 Å². The molecule has 0 aromatic rings. The van der Waals surface area contributed by atoms with Crippen LogP contribution in [0.2, 0.25) is 0 Å². The van der Waals surface area contributed by atoms with Gasteiger partial charge >= 0.3 is 12.1 Å². The lowest BCUT2D eigenvalue weighted by Gasteiger charge is -2.29. The number of thiol groups is 1. The summed E-state index contributed by atoms with van der Waals surface area (Å²) in [6, 6.07) is -0.825. The van der Waals surface area contributed by atoms with Crippen LogP contribution in [0.1, 0.15) is 6.42 Å². The minimum absolute atomic E-state index is 0.173. The van der Waals surface area contributed by atoms with Gasteiger partial charge in [0.15, 0.2) is 0 Å². The lowest BCUT2D eigenvalue weighted by Crippen LogP contribution is -2.45. The van der Waals surface area contributed by atoms with Gasteiger partial charge in [-0.05, 0) is 6.42 Å². The maximum atomic E-state index is 11.1. The second-order valence-corrected chi connectivity index (χ2v) is 3.18. The standard InChI is InChI=1S/C7H12N2O3S/c8-5(4-13)6(10)12-7(11)9-2-1-3-9/h5,13H,1-4,8H2/t5-/m0/s1. The minimum Gasteiger partial charge on any atom is -0.375 e. The third-order valence-corrected chi connectivity index (χ3v) is 2.20. The number of rotatable bonds is 2. The average molecular weight is 204 g/mol. The van der Waals surface area contributed by atoms with Crippen molar-refractivity contribution in [1.29, 1.82) is 0 Å². The van der Waals surface area contributed by atoms with Crippen LogP contribution in [0.15, 0.2) is 0 Å². The molecule has 0 aromatic carbocycles. The third kappa shape index (κ3) is 2.60. The largest absolute Gasteiger partial charge is 0.417 e. The molecular weight excluding hydrogens is 192 g/mol. The summed E-state index contributed by atoms with van der Waals surface area (Å²) in [6.45, 7) is 1.31. The van der Waals surface area contributed by atoms with Crippen LogP contribution >= 0.6 is 12.6 Å². The van der Waals surface area contributed by atoms with Crippen molar-refractivity contribution in [3.05, 3.63) is 0 Å². The molecule has 1 amide bonds. The quantitative estimate of drug-likeness (QED) is 0.365. The van der Waals surface area contributed by atoms with Crippen LogP contribution in [0.5, 0.6) is 0 Å². The summed E-state index contributed by atoms with van der Waals surface area (Å²) in [5.74, 6) is -0.543. The zero-order chi connectivity index (χ0) is 9.84. The number of carbonyl (C=O) groups excluding carboxylic acids is 2. The van der Waals surface area contributed by atoms with Crippen LogP contribution in [0.4, 0.5) is 4.79 Å². The van der Waals surface area contributed by atoms with Crippen molar-refractivity contribution in [2.24, 2.45) is 5.73 Å². The van der Waals surface area contributed by atoms with Gasteiger partial charge < -0.3 is 15.4 Å². The Labute approximate surface area is 81.6 Å². The molecule has 5 nitrogen and oxygen atoms in total. The Morgan fingerprint density at radius 3 is 2.54 bits per heavy atom. The lowest BCUT2D eigenvalue weighted by molar-refractivity contribution is -0.139. The predicted octanol–water partition coefficient (Wildman–Crippen LogP) is -0.388. The summed E-state index contributed by atoms with van der Waals surface area (Å²) in [4.78, 5) is 23.5. The predicted molar refractivity (Wildman–Crippen MR) is 49.5 cm³/mol. The molecule has 1 fully saturated rings. The zero-order valence-corrected chi connectivity index (χ0v) is 8.00. The Kier molecular flexibility index (Phi) is 3.56. The van der Waals surface area contributed by atoms with E-state index in [2.05, 4.69) is 17.4 Å². The SMILES string of the molecule is N[C@@H](CS)C(=O)OC(=O)N1CCC1. The van der Waals surface area contributed by atoms with Crippen molar-refractivity contribution in [3.8, 4) is 0 Å². The fraction of sp³-hybridized carbons (Fsp3) is 0.714. The van der Waals surface area contributed by atoms with E-state index >= 15 is 0 Å². The molecule has 1 aliphatic heterocycles. The minimum atomic E-state index is -0.825. The molecule has 0 spiro atoms. The van der Waals surface area contributed by atoms with Crippen LogP contribution in [0.3, 0.4) is 0 Å². The first-order chi connectivity index (χ1) is 6.15. The normalized spacial score (nSPS) is 17.5. The molecule has 13 heavy (non-hydrogen) atoms. The Hall–Kier alpha value is -0.750. The number of hydrogen-bond donors (Lipinski definition) is 2. The van der Waals surface area contributed by atoms with Gasteiger partial charge in [0.05, 0.1) is 0 Å². The molecule has 1 atom stereocenters. The van der Waals surface area contributed by atoms with E-state index in [0.29, 0.717) is 13.1 Å². The molecule has 0 saturated carbocycles. The Morgan fingerprint density at radius 1 is 1.54 bits per heavy atom. The summed E-state index contributed by atoms with van der Waals surface area (Å²) in [6.07, 6.45) is 0.357. The molecule has 1 saturated heterocycles. The molecule has 0 unspecified atom stereocenters. The van der Waals surface area contributed by atoms with Crippen LogP contribution < -0.4 is 5.73 Å². The Bertz CT molecular complexity index is 203. The molecule has 6 heteroatoms. The summed E-state index contributed by atoms with van der Waals surface area (Å²) in [5.41, 5.74) is 5.30. The summed E-state index contributed by atoms with van der Waals surface area (Å²) < 4.78 is 4.48. The van der Waals surface area contributed by atoms with Gasteiger partial charge in [-0.15, -0.1) is 0 Å². The van der Waals surface area contributed by atoms with Crippen LogP contribution in [0.25, 0.3) is 0 Å². The third-order valence-electron chi connectivity index (χ3n) is 1.80. The van der Waals surface area contributed by atoms with Gasteiger partial charge in [-0.3, -0.25) is 0 Å². The average Bonchev–Trinajstić information content (AvgIpc) is 1.99. The number of nitrogens with two attached hydrogens (primary N) is 1. The van der Waals surface area contributed by atoms with Crippen molar-refractivity contribution >= 4 is 24.7 Å². The monoisotopic (exact) mass is 204 g/mol. The summed E-state index contributed by atoms with van der Waals surface area (Å²) in [7, 11) is 0. The molecule has 0 bridgehead atoms. The second-order valence-electron chi connectivity index (χ2n) is 2.82. The number of likely N-dealkylation sites (tertiary alicyclic amines) is 1. The van der Waals surface area contributed by atoms with E-state index in [1.54, 1.807) is 0 Å². The van der Waals surface area contributed by atoms with E-state index < -0.39 is 18.1 Å². The number of carbonyl (C=O) groups is 2. The van der Waals surface area contributed by atoms with E-state index in [0.717, 1.165) is 6.42 Å². The maximum absolute atomic E-state index is 11.1. The molecule has 0 aromatic heterocycles. The van der Waals surface area contributed by atoms with E-state index in [1.807, 2.05) is 0 Å². The summed E-state index contributed by atoms with van der Waals surface area (Å²) >= 11 is 3.82. The van der Waals surface area contributed by atoms with Crippen molar-refractivity contribution in [2.75, 3.05) is 18.8 Å². The first-order valence-electron chi connectivity index (χ1n) is 4.02. The van der Waals surface area contributed by atoms with Gasteiger partial charge in [0.1, 0.15) is 6.04 Å². The van der Waals surface area contributed by atoms with E-state index in [4.69, 9.17) is 5.73 Å². The molecule has 0 aliphatic carbocycles. The Morgan fingerprint density at radius 2 is 2.15 bits per heavy atom. The number of hydrogen-bond acceptors (Lipinski definition) is 5. The van der Waals surface area contributed by atoms with E-state index in [9.17, 15) is 9.59 Å². The second kappa shape index (κ2) is 4.48. The first kappa shape index (κ1) is 10.3. The van der Waals surface area contributed by atoms with Crippen LogP contribution in [0, 0.1) is 0 Å². The topological polar surface area (TPSA) is 72.6 Å². The number of esters is 1. The fourth-order valence-corrected chi connectivity index (χ4v) is 0.949. The highest BCUT2D eigenvalue weighted by molar-refractivity contribution is 7.80. The highest BCUT2D eigenvalue weighted by atomic mass is 32.1. The highest BCUT2D eigenvalue weighted by Gasteiger charge is 2.25. The molecule has 1 heterocycles. The molecule has 74 valence electrons. The van der Waals surface area contributed by atoms with Crippen molar-refractivity contribution in [2.45, 2.75) is 12.5 Å². The van der Waals surface area contributed by atoms with Gasteiger partial charge in [0, 0.05) is 18.8 Å². The van der Waals surface area contributed by atoms with Crippen LogP contribution in [-0.4, -0.2) is 41.8 Å². The van der Waals surface area contributed by atoms with Gasteiger partial charge in [-0.2, -0.15) is 12.6 Å². The lowest BCUT2D eigenvalue weighted by atomic mass is 10.2. The van der Waals surface area contributed by atoms with Gasteiger partial charge in [0.2, 0.25) is 0 Å². The van der Waals surface area contributed by atoms with Crippen molar-refractivity contribution in [1.82, 2.24) is 4.90 Å². The van der Waals surface area contributed by atoms with Crippen LogP contribution in [-0.2, 0) is 9.53 Å². The smallest absolute Gasteiger partial charge is 0.375 e. The highest BCUT2D eigenvalue weighted by Crippen LogP contribution is 2.07. The Balaban J connectivity index is 2.30. The number of ether oxygens (including phenoxy) is 1.